The quantitative estimate of drug-likeness (QED) is 0.699. The van der Waals surface area contributed by atoms with E-state index in [1.807, 2.05) is 18.2 Å². The lowest BCUT2D eigenvalue weighted by Crippen LogP contribution is -2.05. The fourth-order valence-electron chi connectivity index (χ4n) is 1.73. The molecule has 4 nitrogen and oxygen atoms in total. The maximum Gasteiger partial charge on any atom is 0.275 e. The lowest BCUT2D eigenvalue weighted by atomic mass is 10.2. The Morgan fingerprint density at radius 2 is 2.31 bits per heavy atom. The number of pyridine rings is 1. The average molecular weight is 232 g/mol. The molecule has 0 spiro atoms. The zero-order chi connectivity index (χ0) is 11.1. The van der Waals surface area contributed by atoms with Crippen molar-refractivity contribution < 1.29 is 4.74 Å². The number of aromatic nitrogens is 2. The monoisotopic (exact) mass is 232 g/mol. The summed E-state index contributed by atoms with van der Waals surface area (Å²) in [5.41, 5.74) is 2.83. The highest BCUT2D eigenvalue weighted by Crippen LogP contribution is 2.27. The molecule has 0 aliphatic carbocycles. The molecule has 0 fully saturated rings. The second kappa shape index (κ2) is 3.31. The van der Waals surface area contributed by atoms with Crippen molar-refractivity contribution in [1.82, 2.24) is 9.97 Å². The molecule has 80 valence electrons. The van der Waals surface area contributed by atoms with Crippen molar-refractivity contribution in [1.29, 1.82) is 0 Å². The van der Waals surface area contributed by atoms with Crippen molar-refractivity contribution in [2.24, 2.45) is 0 Å². The van der Waals surface area contributed by atoms with E-state index in [0.29, 0.717) is 5.52 Å². The Morgan fingerprint density at radius 1 is 1.44 bits per heavy atom. The van der Waals surface area contributed by atoms with Crippen molar-refractivity contribution in [3.63, 3.8) is 0 Å². The molecule has 16 heavy (non-hydrogen) atoms. The lowest BCUT2D eigenvalue weighted by molar-refractivity contribution is 0.415. The summed E-state index contributed by atoms with van der Waals surface area (Å²) < 4.78 is 6.07. The van der Waals surface area contributed by atoms with Crippen LogP contribution < -0.4 is 10.3 Å². The summed E-state index contributed by atoms with van der Waals surface area (Å²) >= 11 is 1.46. The molecular formula is C11H8N2O2S. The first kappa shape index (κ1) is 9.35. The van der Waals surface area contributed by atoms with Crippen LogP contribution in [0.15, 0.2) is 28.5 Å². The second-order valence-corrected chi connectivity index (χ2v) is 4.25. The topological polar surface area (TPSA) is 55.0 Å². The van der Waals surface area contributed by atoms with Crippen molar-refractivity contribution >= 4 is 32.5 Å². The maximum atomic E-state index is 11.7. The minimum atomic E-state index is -0.145. The first-order chi connectivity index (χ1) is 7.79. The average Bonchev–Trinajstić information content (AvgIpc) is 2.78. The standard InChI is InChI=1S/C11H8N2O2S/c1-15-6-2-3-8-7(4-6)10-9(11(14)13-8)12-5-16-10/h2-5H,1H3,(H,13,14). The Balaban J connectivity index is 2.55. The van der Waals surface area contributed by atoms with Gasteiger partial charge in [0.2, 0.25) is 0 Å². The summed E-state index contributed by atoms with van der Waals surface area (Å²) in [4.78, 5) is 18.5. The number of thiazole rings is 1. The molecule has 5 heteroatoms. The molecule has 0 saturated heterocycles. The predicted octanol–water partition coefficient (Wildman–Crippen LogP) is 2.15. The van der Waals surface area contributed by atoms with E-state index < -0.39 is 0 Å². The molecule has 0 bridgehead atoms. The zero-order valence-corrected chi connectivity index (χ0v) is 9.30. The van der Waals surface area contributed by atoms with Crippen LogP contribution in [0.3, 0.4) is 0 Å². The van der Waals surface area contributed by atoms with Gasteiger partial charge in [-0.1, -0.05) is 0 Å². The fraction of sp³-hybridized carbons (Fsp3) is 0.0909. The summed E-state index contributed by atoms with van der Waals surface area (Å²) in [5, 5.41) is 0.969. The van der Waals surface area contributed by atoms with Crippen molar-refractivity contribution in [2.45, 2.75) is 0 Å². The number of methoxy groups -OCH3 is 1. The number of aromatic amines is 1. The Bertz CT molecular complexity index is 730. The molecule has 3 rings (SSSR count). The van der Waals surface area contributed by atoms with Crippen LogP contribution in [-0.4, -0.2) is 17.1 Å². The number of H-pyrrole nitrogens is 1. The van der Waals surface area contributed by atoms with Gasteiger partial charge in [-0.2, -0.15) is 0 Å². The number of nitrogens with one attached hydrogen (secondary N) is 1. The summed E-state index contributed by atoms with van der Waals surface area (Å²) in [7, 11) is 1.62. The molecule has 3 aromatic rings. The van der Waals surface area contributed by atoms with Crippen LogP contribution in [-0.2, 0) is 0 Å². The van der Waals surface area contributed by atoms with Gasteiger partial charge in [-0.25, -0.2) is 4.98 Å². The number of nitrogens with zero attached hydrogens (tertiary/aromatic N) is 1. The Labute approximate surface area is 94.5 Å². The highest BCUT2D eigenvalue weighted by Gasteiger charge is 2.08. The van der Waals surface area contributed by atoms with E-state index in [9.17, 15) is 4.79 Å². The van der Waals surface area contributed by atoms with E-state index >= 15 is 0 Å². The third-order valence-electron chi connectivity index (χ3n) is 2.50. The number of benzene rings is 1. The fourth-order valence-corrected chi connectivity index (χ4v) is 2.54. The molecule has 0 atom stereocenters. The van der Waals surface area contributed by atoms with Gasteiger partial charge in [0, 0.05) is 5.39 Å². The first-order valence-electron chi connectivity index (χ1n) is 4.73. The number of ether oxygens (including phenoxy) is 1. The molecular weight excluding hydrogens is 224 g/mol. The summed E-state index contributed by atoms with van der Waals surface area (Å²) in [6, 6.07) is 5.58. The highest BCUT2D eigenvalue weighted by molar-refractivity contribution is 7.17. The van der Waals surface area contributed by atoms with E-state index in [-0.39, 0.29) is 5.56 Å². The zero-order valence-electron chi connectivity index (χ0n) is 8.48. The molecule has 0 aliphatic heterocycles. The van der Waals surface area contributed by atoms with Crippen LogP contribution in [0.5, 0.6) is 5.75 Å². The largest absolute Gasteiger partial charge is 0.497 e. The van der Waals surface area contributed by atoms with Crippen LogP contribution in [0.1, 0.15) is 0 Å². The van der Waals surface area contributed by atoms with Gasteiger partial charge < -0.3 is 9.72 Å². The van der Waals surface area contributed by atoms with Crippen molar-refractivity contribution in [3.8, 4) is 5.75 Å². The van der Waals surface area contributed by atoms with Gasteiger partial charge in [0.15, 0.2) is 0 Å². The third kappa shape index (κ3) is 1.22. The summed E-state index contributed by atoms with van der Waals surface area (Å²) in [6.07, 6.45) is 0. The molecule has 0 radical (unpaired) electrons. The predicted molar refractivity (Wildman–Crippen MR) is 64.3 cm³/mol. The van der Waals surface area contributed by atoms with Gasteiger partial charge in [0.1, 0.15) is 11.3 Å². The molecule has 2 heterocycles. The van der Waals surface area contributed by atoms with E-state index in [4.69, 9.17) is 4.74 Å². The molecule has 1 N–H and O–H groups in total. The molecule has 0 saturated carbocycles. The molecule has 0 amide bonds. The lowest BCUT2D eigenvalue weighted by Gasteiger charge is -2.02. The molecule has 0 aliphatic rings. The van der Waals surface area contributed by atoms with Crippen LogP contribution in [0.4, 0.5) is 0 Å². The molecule has 1 aromatic carbocycles. The minimum Gasteiger partial charge on any atom is -0.497 e. The van der Waals surface area contributed by atoms with E-state index in [2.05, 4.69) is 9.97 Å². The van der Waals surface area contributed by atoms with E-state index in [0.717, 1.165) is 21.4 Å². The summed E-state index contributed by atoms with van der Waals surface area (Å²) in [6.45, 7) is 0. The normalized spacial score (nSPS) is 11.1. The summed E-state index contributed by atoms with van der Waals surface area (Å²) in [5.74, 6) is 0.772. The van der Waals surface area contributed by atoms with E-state index in [1.165, 1.54) is 11.3 Å². The number of fused-ring (bicyclic) bond motifs is 3. The molecule has 0 unspecified atom stereocenters. The van der Waals surface area contributed by atoms with Crippen molar-refractivity contribution in [3.05, 3.63) is 34.1 Å². The van der Waals surface area contributed by atoms with Crippen molar-refractivity contribution in [2.75, 3.05) is 7.11 Å². The van der Waals surface area contributed by atoms with E-state index in [1.54, 1.807) is 12.6 Å². The third-order valence-corrected chi connectivity index (χ3v) is 3.36. The van der Waals surface area contributed by atoms with Gasteiger partial charge in [0.05, 0.1) is 22.8 Å². The molecule has 2 aromatic heterocycles. The van der Waals surface area contributed by atoms with Crippen LogP contribution in [0.2, 0.25) is 0 Å². The Hall–Kier alpha value is -1.88. The second-order valence-electron chi connectivity index (χ2n) is 3.40. The highest BCUT2D eigenvalue weighted by atomic mass is 32.1. The van der Waals surface area contributed by atoms with Crippen LogP contribution in [0, 0.1) is 0 Å². The number of rotatable bonds is 1. The van der Waals surface area contributed by atoms with Gasteiger partial charge in [-0.3, -0.25) is 4.79 Å². The van der Waals surface area contributed by atoms with Gasteiger partial charge in [-0.05, 0) is 18.2 Å². The van der Waals surface area contributed by atoms with Gasteiger partial charge in [0.25, 0.3) is 5.56 Å². The first-order valence-corrected chi connectivity index (χ1v) is 5.61. The van der Waals surface area contributed by atoms with Crippen LogP contribution in [0.25, 0.3) is 21.1 Å². The smallest absolute Gasteiger partial charge is 0.275 e. The number of hydrogen-bond acceptors (Lipinski definition) is 4. The Morgan fingerprint density at radius 3 is 3.12 bits per heavy atom. The van der Waals surface area contributed by atoms with Gasteiger partial charge >= 0.3 is 0 Å². The SMILES string of the molecule is COc1ccc2[nH]c(=O)c3ncsc3c2c1. The number of hydrogen-bond donors (Lipinski definition) is 1. The minimum absolute atomic E-state index is 0.145. The Kier molecular flexibility index (Phi) is 1.94. The van der Waals surface area contributed by atoms with Crippen LogP contribution >= 0.6 is 11.3 Å². The van der Waals surface area contributed by atoms with Gasteiger partial charge in [-0.15, -0.1) is 11.3 Å². The maximum absolute atomic E-state index is 11.7.